The summed E-state index contributed by atoms with van der Waals surface area (Å²) in [6, 6.07) is 12.0. The number of hydrogen-bond donors (Lipinski definition) is 1. The Balaban J connectivity index is 1.73. The van der Waals surface area contributed by atoms with Crippen LogP contribution in [0.2, 0.25) is 0 Å². The van der Waals surface area contributed by atoms with Gasteiger partial charge in [-0.3, -0.25) is 9.78 Å². The van der Waals surface area contributed by atoms with Gasteiger partial charge < -0.3 is 9.73 Å². The first-order valence-corrected chi connectivity index (χ1v) is 6.90. The van der Waals surface area contributed by atoms with Crippen molar-refractivity contribution in [2.45, 2.75) is 6.54 Å². The molecule has 3 rings (SSSR count). The van der Waals surface area contributed by atoms with Gasteiger partial charge in [-0.05, 0) is 36.4 Å². The summed E-state index contributed by atoms with van der Waals surface area (Å²) in [6.07, 6.45) is 4.70. The third-order valence-electron chi connectivity index (χ3n) is 3.22. The number of hydrogen-bond acceptors (Lipinski definition) is 5. The normalized spacial score (nSPS) is 10.0. The Morgan fingerprint density at radius 2 is 1.96 bits per heavy atom. The number of aromatic nitrogens is 2. The summed E-state index contributed by atoms with van der Waals surface area (Å²) < 4.78 is 5.33. The summed E-state index contributed by atoms with van der Waals surface area (Å²) in [5, 5.41) is 11.6. The third-order valence-corrected chi connectivity index (χ3v) is 3.22. The van der Waals surface area contributed by atoms with Crippen LogP contribution in [0.3, 0.4) is 0 Å². The lowest BCUT2D eigenvalue weighted by atomic mass is 10.1. The number of rotatable bonds is 4. The van der Waals surface area contributed by atoms with E-state index in [1.807, 2.05) is 6.07 Å². The molecule has 0 saturated heterocycles. The third kappa shape index (κ3) is 3.24. The maximum absolute atomic E-state index is 12.1. The highest BCUT2D eigenvalue weighted by Gasteiger charge is 2.12. The number of benzene rings is 1. The second kappa shape index (κ2) is 6.54. The number of nitrogens with one attached hydrogen (secondary N) is 1. The number of carbonyl (C=O) groups excluding carboxylic acids is 1. The molecule has 0 spiro atoms. The summed E-state index contributed by atoms with van der Waals surface area (Å²) >= 11 is 0. The average molecular weight is 304 g/mol. The molecule has 0 atom stereocenters. The summed E-state index contributed by atoms with van der Waals surface area (Å²) in [4.78, 5) is 20.6. The Labute approximate surface area is 132 Å². The minimum absolute atomic E-state index is 0.225. The van der Waals surface area contributed by atoms with Gasteiger partial charge in [-0.25, -0.2) is 4.98 Å². The Morgan fingerprint density at radius 1 is 1.17 bits per heavy atom. The van der Waals surface area contributed by atoms with Crippen molar-refractivity contribution in [2.24, 2.45) is 0 Å². The highest BCUT2D eigenvalue weighted by atomic mass is 16.3. The molecule has 0 bridgehead atoms. The van der Waals surface area contributed by atoms with Crippen LogP contribution in [0.1, 0.15) is 21.6 Å². The first-order valence-electron chi connectivity index (χ1n) is 6.90. The van der Waals surface area contributed by atoms with Gasteiger partial charge >= 0.3 is 0 Å². The van der Waals surface area contributed by atoms with E-state index in [1.165, 1.54) is 0 Å². The Bertz CT molecular complexity index is 849. The van der Waals surface area contributed by atoms with E-state index in [2.05, 4.69) is 15.3 Å². The molecule has 0 radical (unpaired) electrons. The molecule has 3 aromatic rings. The topological polar surface area (TPSA) is 91.8 Å². The maximum atomic E-state index is 12.1. The van der Waals surface area contributed by atoms with Crippen molar-refractivity contribution < 1.29 is 9.21 Å². The lowest BCUT2D eigenvalue weighted by Gasteiger charge is -2.07. The second-order valence-corrected chi connectivity index (χ2v) is 4.70. The van der Waals surface area contributed by atoms with E-state index in [1.54, 1.807) is 55.1 Å². The van der Waals surface area contributed by atoms with E-state index >= 15 is 0 Å². The van der Waals surface area contributed by atoms with Gasteiger partial charge in [0.1, 0.15) is 5.69 Å². The Hall–Kier alpha value is -3.46. The van der Waals surface area contributed by atoms with Crippen molar-refractivity contribution in [3.63, 3.8) is 0 Å². The molecule has 1 amide bonds. The quantitative estimate of drug-likeness (QED) is 0.799. The van der Waals surface area contributed by atoms with Crippen LogP contribution in [0.25, 0.3) is 11.5 Å². The van der Waals surface area contributed by atoms with Gasteiger partial charge in [-0.1, -0.05) is 0 Å². The van der Waals surface area contributed by atoms with Crippen molar-refractivity contribution >= 4 is 5.91 Å². The van der Waals surface area contributed by atoms with E-state index in [-0.39, 0.29) is 12.5 Å². The number of nitrogens with zero attached hydrogens (tertiary/aromatic N) is 3. The monoisotopic (exact) mass is 304 g/mol. The maximum Gasteiger partial charge on any atom is 0.251 e. The van der Waals surface area contributed by atoms with E-state index in [0.717, 1.165) is 0 Å². The molecule has 1 N–H and O–H groups in total. The van der Waals surface area contributed by atoms with Crippen molar-refractivity contribution in [3.05, 3.63) is 71.9 Å². The largest absolute Gasteiger partial charge is 0.463 e. The highest BCUT2D eigenvalue weighted by Crippen LogP contribution is 2.19. The molecule has 112 valence electrons. The predicted molar refractivity (Wildman–Crippen MR) is 82.1 cm³/mol. The van der Waals surface area contributed by atoms with Crippen LogP contribution in [0.4, 0.5) is 0 Å². The van der Waals surface area contributed by atoms with E-state index < -0.39 is 0 Å². The number of carbonyl (C=O) groups is 1. The van der Waals surface area contributed by atoms with Crippen molar-refractivity contribution in [1.29, 1.82) is 5.26 Å². The lowest BCUT2D eigenvalue weighted by molar-refractivity contribution is 0.0950. The summed E-state index contributed by atoms with van der Waals surface area (Å²) in [5.74, 6) is 0.353. The van der Waals surface area contributed by atoms with Crippen molar-refractivity contribution in [1.82, 2.24) is 15.3 Å². The Kier molecular flexibility index (Phi) is 4.11. The zero-order valence-electron chi connectivity index (χ0n) is 12.1. The van der Waals surface area contributed by atoms with Crippen molar-refractivity contribution in [2.75, 3.05) is 0 Å². The molecule has 2 aromatic heterocycles. The van der Waals surface area contributed by atoms with E-state index in [4.69, 9.17) is 9.68 Å². The van der Waals surface area contributed by atoms with Gasteiger partial charge in [-0.2, -0.15) is 5.26 Å². The second-order valence-electron chi connectivity index (χ2n) is 4.70. The fourth-order valence-electron chi connectivity index (χ4n) is 2.08. The smallest absolute Gasteiger partial charge is 0.251 e. The molecule has 0 aliphatic rings. The summed E-state index contributed by atoms with van der Waals surface area (Å²) in [6.45, 7) is 0.225. The van der Waals surface area contributed by atoms with Crippen LogP contribution < -0.4 is 5.32 Å². The predicted octanol–water partition coefficient (Wildman–Crippen LogP) is 2.54. The summed E-state index contributed by atoms with van der Waals surface area (Å²) in [7, 11) is 0. The molecule has 2 heterocycles. The SMILES string of the molecule is N#Cc1ccc(C(=O)NCc2nccnc2-c2ccco2)cc1. The average Bonchev–Trinajstić information content (AvgIpc) is 3.14. The van der Waals surface area contributed by atoms with Crippen LogP contribution in [0, 0.1) is 11.3 Å². The highest BCUT2D eigenvalue weighted by molar-refractivity contribution is 5.94. The molecular formula is C17H12N4O2. The molecule has 0 aliphatic carbocycles. The Morgan fingerprint density at radius 3 is 2.65 bits per heavy atom. The first-order chi connectivity index (χ1) is 11.3. The van der Waals surface area contributed by atoms with Gasteiger partial charge in [0, 0.05) is 18.0 Å². The van der Waals surface area contributed by atoms with Gasteiger partial charge in [-0.15, -0.1) is 0 Å². The molecule has 23 heavy (non-hydrogen) atoms. The van der Waals surface area contributed by atoms with Crippen LogP contribution in [0.5, 0.6) is 0 Å². The molecule has 0 unspecified atom stereocenters. The standard InChI is InChI=1S/C17H12N4O2/c18-10-12-3-5-13(6-4-12)17(22)21-11-14-16(20-8-7-19-14)15-2-1-9-23-15/h1-9H,11H2,(H,21,22). The number of amides is 1. The zero-order chi connectivity index (χ0) is 16.1. The molecule has 6 heteroatoms. The lowest BCUT2D eigenvalue weighted by Crippen LogP contribution is -2.23. The van der Waals surface area contributed by atoms with E-state index in [0.29, 0.717) is 28.3 Å². The first kappa shape index (κ1) is 14.5. The van der Waals surface area contributed by atoms with Gasteiger partial charge in [0.2, 0.25) is 0 Å². The van der Waals surface area contributed by atoms with Crippen molar-refractivity contribution in [3.8, 4) is 17.5 Å². The van der Waals surface area contributed by atoms with Gasteiger partial charge in [0.25, 0.3) is 5.91 Å². The minimum atomic E-state index is -0.245. The van der Waals surface area contributed by atoms with Gasteiger partial charge in [0.05, 0.1) is 30.1 Å². The molecule has 6 nitrogen and oxygen atoms in total. The fraction of sp³-hybridized carbons (Fsp3) is 0.0588. The molecule has 0 saturated carbocycles. The zero-order valence-corrected chi connectivity index (χ0v) is 12.1. The van der Waals surface area contributed by atoms with E-state index in [9.17, 15) is 4.79 Å². The van der Waals surface area contributed by atoms with Crippen LogP contribution >= 0.6 is 0 Å². The van der Waals surface area contributed by atoms with Crippen LogP contribution in [-0.2, 0) is 6.54 Å². The molecule has 0 fully saturated rings. The molecule has 1 aromatic carbocycles. The summed E-state index contributed by atoms with van der Waals surface area (Å²) in [5.41, 5.74) is 2.20. The van der Waals surface area contributed by atoms with Crippen LogP contribution in [-0.4, -0.2) is 15.9 Å². The number of furan rings is 1. The fourth-order valence-corrected chi connectivity index (χ4v) is 2.08. The van der Waals surface area contributed by atoms with Crippen LogP contribution in [0.15, 0.2) is 59.5 Å². The minimum Gasteiger partial charge on any atom is -0.463 e. The number of nitriles is 1. The molecular weight excluding hydrogens is 292 g/mol. The molecule has 0 aliphatic heterocycles. The van der Waals surface area contributed by atoms with Gasteiger partial charge in [0.15, 0.2) is 5.76 Å².